The number of aryl methyl sites for hydroxylation is 1. The van der Waals surface area contributed by atoms with E-state index in [1.807, 2.05) is 12.1 Å². The Kier molecular flexibility index (Phi) is 5.60. The van der Waals surface area contributed by atoms with Crippen molar-refractivity contribution >= 4 is 27.4 Å². The zero-order valence-corrected chi connectivity index (χ0v) is 19.4. The summed E-state index contributed by atoms with van der Waals surface area (Å²) in [5.74, 6) is 0.695. The van der Waals surface area contributed by atoms with Crippen molar-refractivity contribution in [2.45, 2.75) is 65.5 Å². The molecule has 2 heterocycles. The lowest BCUT2D eigenvalue weighted by Crippen LogP contribution is -2.46. The van der Waals surface area contributed by atoms with Gasteiger partial charge in [-0.3, -0.25) is 14.6 Å². The molecule has 0 aromatic carbocycles. The minimum absolute atomic E-state index is 0.0164. The summed E-state index contributed by atoms with van der Waals surface area (Å²) in [4.78, 5) is 29.2. The normalized spacial score (nSPS) is 26.7. The van der Waals surface area contributed by atoms with Crippen LogP contribution in [0, 0.1) is 16.7 Å². The van der Waals surface area contributed by atoms with Crippen molar-refractivity contribution in [1.82, 2.24) is 14.8 Å². The summed E-state index contributed by atoms with van der Waals surface area (Å²) in [6.45, 7) is 6.98. The summed E-state index contributed by atoms with van der Waals surface area (Å²) in [7, 11) is 0. The Morgan fingerprint density at radius 1 is 1.30 bits per heavy atom. The third kappa shape index (κ3) is 3.84. The molecule has 0 amide bonds. The van der Waals surface area contributed by atoms with E-state index in [0.29, 0.717) is 35.0 Å². The Bertz CT molecular complexity index is 999. The molecule has 30 heavy (non-hydrogen) atoms. The lowest BCUT2D eigenvalue weighted by atomic mass is 9.68. The standard InChI is InChI=1S/C23H29BrN4O2/c1-22(2)16-6-9-23(3,12-16)21(22)27-18-13-26-28(20(30)19(18)24)14-17(29)5-4-15-7-10-25-11-8-15/h7-8,10-11,13,16,21,27H,4-6,9,12,14H2,1-3H3/t16?,21-,23-/m0/s1. The largest absolute Gasteiger partial charge is 0.379 e. The molecule has 1 N–H and O–H groups in total. The molecule has 1 unspecified atom stereocenters. The second kappa shape index (κ2) is 7.91. The summed E-state index contributed by atoms with van der Waals surface area (Å²) in [5, 5.41) is 7.92. The first kappa shape index (κ1) is 21.2. The molecule has 2 aliphatic rings. The van der Waals surface area contributed by atoms with Gasteiger partial charge in [0.25, 0.3) is 5.56 Å². The van der Waals surface area contributed by atoms with Crippen LogP contribution in [0.1, 0.15) is 52.0 Å². The van der Waals surface area contributed by atoms with Gasteiger partial charge in [-0.2, -0.15) is 5.10 Å². The second-order valence-electron chi connectivity index (χ2n) is 9.72. The van der Waals surface area contributed by atoms with E-state index in [1.54, 1.807) is 18.6 Å². The monoisotopic (exact) mass is 472 g/mol. The highest BCUT2D eigenvalue weighted by atomic mass is 79.9. The maximum atomic E-state index is 12.8. The minimum atomic E-state index is -0.275. The van der Waals surface area contributed by atoms with Crippen molar-refractivity contribution in [1.29, 1.82) is 0 Å². The van der Waals surface area contributed by atoms with Crippen LogP contribution in [0.4, 0.5) is 5.69 Å². The molecule has 2 bridgehead atoms. The molecule has 2 aromatic heterocycles. The number of aromatic nitrogens is 3. The van der Waals surface area contributed by atoms with E-state index in [4.69, 9.17) is 0 Å². The number of anilines is 1. The van der Waals surface area contributed by atoms with Gasteiger partial charge in [0.1, 0.15) is 11.0 Å². The number of ketones is 1. The van der Waals surface area contributed by atoms with E-state index >= 15 is 0 Å². The number of rotatable bonds is 7. The third-order valence-corrected chi connectivity index (χ3v) is 8.09. The van der Waals surface area contributed by atoms with Gasteiger partial charge in [0.05, 0.1) is 11.9 Å². The lowest BCUT2D eigenvalue weighted by Gasteiger charge is -2.43. The Hall–Kier alpha value is -2.02. The van der Waals surface area contributed by atoms with Crippen LogP contribution in [0.3, 0.4) is 0 Å². The lowest BCUT2D eigenvalue weighted by molar-refractivity contribution is -0.119. The van der Waals surface area contributed by atoms with E-state index in [2.05, 4.69) is 52.1 Å². The maximum absolute atomic E-state index is 12.8. The van der Waals surface area contributed by atoms with Crippen LogP contribution >= 0.6 is 15.9 Å². The number of pyridine rings is 1. The van der Waals surface area contributed by atoms with Crippen LogP contribution in [0.5, 0.6) is 0 Å². The number of nitrogens with one attached hydrogen (secondary N) is 1. The molecule has 0 aliphatic heterocycles. The van der Waals surface area contributed by atoms with Crippen LogP contribution in [0.2, 0.25) is 0 Å². The van der Waals surface area contributed by atoms with Gasteiger partial charge in [-0.15, -0.1) is 0 Å². The molecule has 160 valence electrons. The molecule has 3 atom stereocenters. The van der Waals surface area contributed by atoms with Crippen LogP contribution < -0.4 is 10.9 Å². The van der Waals surface area contributed by atoms with Gasteiger partial charge >= 0.3 is 0 Å². The number of nitrogens with zero attached hydrogens (tertiary/aromatic N) is 3. The van der Waals surface area contributed by atoms with Crippen LogP contribution in [0.25, 0.3) is 0 Å². The number of halogens is 1. The summed E-state index contributed by atoms with van der Waals surface area (Å²) in [6.07, 6.45) is 9.83. The van der Waals surface area contributed by atoms with E-state index in [1.165, 1.54) is 23.9 Å². The van der Waals surface area contributed by atoms with Crippen molar-refractivity contribution in [2.75, 3.05) is 5.32 Å². The molecule has 2 saturated carbocycles. The number of hydrogen-bond acceptors (Lipinski definition) is 5. The molecule has 2 aliphatic carbocycles. The highest BCUT2D eigenvalue weighted by Crippen LogP contribution is 2.63. The molecule has 2 aromatic rings. The smallest absolute Gasteiger partial charge is 0.283 e. The van der Waals surface area contributed by atoms with Gasteiger partial charge in [-0.05, 0) is 76.1 Å². The number of carbonyl (C=O) groups is 1. The summed E-state index contributed by atoms with van der Waals surface area (Å²) < 4.78 is 1.69. The first-order valence-electron chi connectivity index (χ1n) is 10.6. The van der Waals surface area contributed by atoms with Crippen molar-refractivity contribution in [2.24, 2.45) is 16.7 Å². The minimum Gasteiger partial charge on any atom is -0.379 e. The fourth-order valence-corrected chi connectivity index (χ4v) is 6.00. The molecule has 0 radical (unpaired) electrons. The maximum Gasteiger partial charge on any atom is 0.283 e. The Morgan fingerprint density at radius 3 is 2.70 bits per heavy atom. The third-order valence-electron chi connectivity index (χ3n) is 7.32. The van der Waals surface area contributed by atoms with Gasteiger partial charge in [0.15, 0.2) is 5.78 Å². The van der Waals surface area contributed by atoms with Gasteiger partial charge in [-0.25, -0.2) is 4.68 Å². The van der Waals surface area contributed by atoms with Gasteiger partial charge in [0.2, 0.25) is 0 Å². The van der Waals surface area contributed by atoms with Crippen molar-refractivity contribution in [3.05, 3.63) is 51.1 Å². The molecule has 7 heteroatoms. The fraction of sp³-hybridized carbons (Fsp3) is 0.565. The first-order valence-corrected chi connectivity index (χ1v) is 11.4. The molecular formula is C23H29BrN4O2. The highest BCUT2D eigenvalue weighted by Gasteiger charge is 2.59. The molecule has 2 fully saturated rings. The van der Waals surface area contributed by atoms with Crippen molar-refractivity contribution in [3.8, 4) is 0 Å². The SMILES string of the molecule is CC1(C)C2CC[C@@](C)(C2)[C@H]1Nc1cnn(CC(=O)CCc2ccncc2)c(=O)c1Br. The predicted octanol–water partition coefficient (Wildman–Crippen LogP) is 4.23. The van der Waals surface area contributed by atoms with E-state index in [9.17, 15) is 9.59 Å². The van der Waals surface area contributed by atoms with E-state index in [0.717, 1.165) is 5.56 Å². The quantitative estimate of drug-likeness (QED) is 0.652. The molecule has 4 rings (SSSR count). The van der Waals surface area contributed by atoms with Crippen molar-refractivity contribution in [3.63, 3.8) is 0 Å². The summed E-state index contributed by atoms with van der Waals surface area (Å²) in [5.41, 5.74) is 1.91. The molecular weight excluding hydrogens is 444 g/mol. The molecule has 0 saturated heterocycles. The second-order valence-corrected chi connectivity index (χ2v) is 10.5. The molecule has 6 nitrogen and oxygen atoms in total. The van der Waals surface area contributed by atoms with Gasteiger partial charge < -0.3 is 5.32 Å². The van der Waals surface area contributed by atoms with Crippen LogP contribution in [0.15, 0.2) is 40.0 Å². The van der Waals surface area contributed by atoms with Crippen LogP contribution in [-0.2, 0) is 17.8 Å². The van der Waals surface area contributed by atoms with E-state index in [-0.39, 0.29) is 28.7 Å². The molecule has 0 spiro atoms. The Balaban J connectivity index is 1.45. The zero-order chi connectivity index (χ0) is 21.5. The zero-order valence-electron chi connectivity index (χ0n) is 17.8. The summed E-state index contributed by atoms with van der Waals surface area (Å²) in [6, 6.07) is 4.08. The number of Topliss-reactive ketones (excluding diaryl/α,β-unsaturated/α-hetero) is 1. The number of hydrogen-bond donors (Lipinski definition) is 1. The highest BCUT2D eigenvalue weighted by molar-refractivity contribution is 9.10. The van der Waals surface area contributed by atoms with E-state index < -0.39 is 0 Å². The topological polar surface area (TPSA) is 76.9 Å². The Labute approximate surface area is 185 Å². The number of carbonyl (C=O) groups excluding carboxylic acids is 1. The van der Waals surface area contributed by atoms with Gasteiger partial charge in [0, 0.05) is 24.9 Å². The van der Waals surface area contributed by atoms with Crippen LogP contribution in [-0.4, -0.2) is 26.6 Å². The number of fused-ring (bicyclic) bond motifs is 2. The average Bonchev–Trinajstić information content (AvgIpc) is 3.20. The summed E-state index contributed by atoms with van der Waals surface area (Å²) >= 11 is 3.46. The first-order chi connectivity index (χ1) is 14.2. The van der Waals surface area contributed by atoms with Gasteiger partial charge in [-0.1, -0.05) is 20.8 Å². The predicted molar refractivity (Wildman–Crippen MR) is 120 cm³/mol. The Morgan fingerprint density at radius 2 is 2.03 bits per heavy atom. The fourth-order valence-electron chi connectivity index (χ4n) is 5.58. The average molecular weight is 473 g/mol. The van der Waals surface area contributed by atoms with Crippen molar-refractivity contribution < 1.29 is 4.79 Å².